The van der Waals surface area contributed by atoms with E-state index in [0.717, 1.165) is 51.5 Å². The third kappa shape index (κ3) is 7.93. The van der Waals surface area contributed by atoms with E-state index in [1.165, 1.54) is 18.0 Å². The van der Waals surface area contributed by atoms with Crippen LogP contribution in [0.3, 0.4) is 0 Å². The first-order chi connectivity index (χ1) is 20.4. The summed E-state index contributed by atoms with van der Waals surface area (Å²) in [4.78, 5) is 21.7. The van der Waals surface area contributed by atoms with Crippen molar-refractivity contribution < 1.29 is 14.6 Å². The number of aromatic nitrogens is 2. The van der Waals surface area contributed by atoms with Crippen molar-refractivity contribution in [3.05, 3.63) is 70.4 Å². The van der Waals surface area contributed by atoms with E-state index in [-0.39, 0.29) is 29.7 Å². The highest BCUT2D eigenvalue weighted by molar-refractivity contribution is 6.32. The highest BCUT2D eigenvalue weighted by atomic mass is 35.5. The first-order valence-electron chi connectivity index (χ1n) is 14.3. The molecule has 10 nitrogen and oxygen atoms in total. The number of rotatable bonds is 10. The summed E-state index contributed by atoms with van der Waals surface area (Å²) in [5.41, 5.74) is 3.33. The number of phenolic OH excluding ortho intramolecular Hbond substituents is 1. The summed E-state index contributed by atoms with van der Waals surface area (Å²) in [6.45, 7) is 8.77. The molecule has 0 spiro atoms. The quantitative estimate of drug-likeness (QED) is 0.240. The fourth-order valence-corrected chi connectivity index (χ4v) is 5.38. The topological polar surface area (TPSA) is 104 Å². The Morgan fingerprint density at radius 1 is 1.00 bits per heavy atom. The predicted octanol–water partition coefficient (Wildman–Crippen LogP) is 3.20. The van der Waals surface area contributed by atoms with Crippen molar-refractivity contribution in [1.82, 2.24) is 24.7 Å². The Kier molecular flexibility index (Phi) is 10.2. The molecular weight excluding hydrogens is 559 g/mol. The van der Waals surface area contributed by atoms with Gasteiger partial charge in [-0.05, 0) is 36.9 Å². The average Bonchev–Trinajstić information content (AvgIpc) is 2.99. The van der Waals surface area contributed by atoms with Crippen LogP contribution in [0, 0.1) is 5.82 Å². The minimum atomic E-state index is -0.478. The lowest BCUT2D eigenvalue weighted by molar-refractivity contribution is 0.148. The predicted molar refractivity (Wildman–Crippen MR) is 165 cm³/mol. The Balaban J connectivity index is 1.20. The van der Waals surface area contributed by atoms with E-state index in [1.54, 1.807) is 12.1 Å². The van der Waals surface area contributed by atoms with Crippen LogP contribution in [0.1, 0.15) is 17.0 Å². The minimum absolute atomic E-state index is 0.0741. The maximum absolute atomic E-state index is 14.5. The Hall–Kier alpha value is -3.35. The molecule has 0 radical (unpaired) electrons. The molecule has 5 rings (SSSR count). The van der Waals surface area contributed by atoms with Gasteiger partial charge in [-0.2, -0.15) is 0 Å². The standard InChI is InChI=1S/C30H38ClFN8O2/c1-37-6-8-39(9-7-37)21-22-2-4-24(5-3-22)35-25-16-23(29(42)26(31)17-25)18-33-20-28-34-19-27(32)30(36-28)40-12-10-38(11-13-40)14-15-41/h2-5,16-19,35,41-42H,6-15,20-21H2,1H3. The van der Waals surface area contributed by atoms with E-state index in [9.17, 15) is 9.50 Å². The molecule has 42 heavy (non-hydrogen) atoms. The van der Waals surface area contributed by atoms with Crippen LogP contribution in [0.4, 0.5) is 21.6 Å². The second kappa shape index (κ2) is 14.2. The zero-order valence-corrected chi connectivity index (χ0v) is 24.6. The number of piperazine rings is 2. The van der Waals surface area contributed by atoms with Crippen LogP contribution >= 0.6 is 11.6 Å². The van der Waals surface area contributed by atoms with Crippen LogP contribution in [0.15, 0.2) is 47.6 Å². The molecule has 0 unspecified atom stereocenters. The first kappa shape index (κ1) is 30.1. The lowest BCUT2D eigenvalue weighted by Gasteiger charge is -2.35. The van der Waals surface area contributed by atoms with Gasteiger partial charge in [0.15, 0.2) is 17.5 Å². The number of aromatic hydroxyl groups is 1. The van der Waals surface area contributed by atoms with E-state index in [4.69, 9.17) is 16.7 Å². The van der Waals surface area contributed by atoms with Gasteiger partial charge < -0.3 is 25.3 Å². The third-order valence-corrected chi connectivity index (χ3v) is 7.95. The molecule has 0 saturated carbocycles. The summed E-state index contributed by atoms with van der Waals surface area (Å²) in [6, 6.07) is 11.8. The molecule has 3 heterocycles. The molecule has 3 N–H and O–H groups in total. The van der Waals surface area contributed by atoms with Gasteiger partial charge in [-0.25, -0.2) is 14.4 Å². The fraction of sp³-hybridized carbons (Fsp3) is 0.433. The number of aliphatic imine (C=N–C) groups is 1. The van der Waals surface area contributed by atoms with E-state index in [0.29, 0.717) is 36.7 Å². The molecule has 0 bridgehead atoms. The number of phenols is 1. The molecule has 12 heteroatoms. The third-order valence-electron chi connectivity index (χ3n) is 7.66. The molecule has 2 fully saturated rings. The molecule has 2 aliphatic heterocycles. The van der Waals surface area contributed by atoms with Crippen molar-refractivity contribution in [1.29, 1.82) is 0 Å². The second-order valence-corrected chi connectivity index (χ2v) is 11.2. The van der Waals surface area contributed by atoms with Crippen LogP contribution in [0.5, 0.6) is 5.75 Å². The largest absolute Gasteiger partial charge is 0.506 e. The highest BCUT2D eigenvalue weighted by Gasteiger charge is 2.21. The van der Waals surface area contributed by atoms with E-state index in [2.05, 4.69) is 54.2 Å². The van der Waals surface area contributed by atoms with Crippen LogP contribution in [0.25, 0.3) is 0 Å². The van der Waals surface area contributed by atoms with Gasteiger partial charge in [-0.1, -0.05) is 23.7 Å². The van der Waals surface area contributed by atoms with Crippen LogP contribution in [-0.2, 0) is 13.1 Å². The number of benzene rings is 2. The Morgan fingerprint density at radius 3 is 2.43 bits per heavy atom. The maximum atomic E-state index is 14.5. The summed E-state index contributed by atoms with van der Waals surface area (Å²) < 4.78 is 14.5. The number of anilines is 3. The molecule has 2 aromatic carbocycles. The van der Waals surface area contributed by atoms with Gasteiger partial charge in [0.2, 0.25) is 0 Å². The monoisotopic (exact) mass is 596 g/mol. The molecule has 2 saturated heterocycles. The Labute approximate surface area is 251 Å². The van der Waals surface area contributed by atoms with Crippen LogP contribution in [0.2, 0.25) is 5.02 Å². The van der Waals surface area contributed by atoms with Crippen molar-refractivity contribution in [2.24, 2.45) is 4.99 Å². The number of aliphatic hydroxyl groups excluding tert-OH is 1. The van der Waals surface area contributed by atoms with Gasteiger partial charge in [-0.3, -0.25) is 14.8 Å². The van der Waals surface area contributed by atoms with Crippen molar-refractivity contribution >= 4 is 35.0 Å². The average molecular weight is 597 g/mol. The van der Waals surface area contributed by atoms with Gasteiger partial charge in [0.25, 0.3) is 0 Å². The van der Waals surface area contributed by atoms with E-state index < -0.39 is 5.82 Å². The minimum Gasteiger partial charge on any atom is -0.506 e. The van der Waals surface area contributed by atoms with Gasteiger partial charge in [0.05, 0.1) is 24.4 Å². The number of aliphatic hydroxyl groups is 1. The highest BCUT2D eigenvalue weighted by Crippen LogP contribution is 2.32. The summed E-state index contributed by atoms with van der Waals surface area (Å²) >= 11 is 6.33. The van der Waals surface area contributed by atoms with Gasteiger partial charge in [0, 0.05) is 88.6 Å². The molecule has 2 aliphatic rings. The smallest absolute Gasteiger partial charge is 0.183 e. The first-order valence-corrected chi connectivity index (χ1v) is 14.6. The SMILES string of the molecule is CN1CCN(Cc2ccc(Nc3cc(Cl)c(O)c(C=NCc4ncc(F)c(N5CCN(CCO)CC5)n4)c3)cc2)CC1. The lowest BCUT2D eigenvalue weighted by atomic mass is 10.1. The van der Waals surface area contributed by atoms with Crippen molar-refractivity contribution in [3.8, 4) is 5.75 Å². The van der Waals surface area contributed by atoms with E-state index in [1.807, 2.05) is 17.0 Å². The molecule has 1 aromatic heterocycles. The fourth-order valence-electron chi connectivity index (χ4n) is 5.16. The number of nitrogens with one attached hydrogen (secondary N) is 1. The number of halogens is 2. The van der Waals surface area contributed by atoms with Crippen LogP contribution < -0.4 is 10.2 Å². The number of likely N-dealkylation sites (N-methyl/N-ethyl adjacent to an activating group) is 1. The molecule has 0 atom stereocenters. The Bertz CT molecular complexity index is 1360. The zero-order valence-electron chi connectivity index (χ0n) is 23.9. The van der Waals surface area contributed by atoms with E-state index >= 15 is 0 Å². The molecular formula is C30H38ClFN8O2. The second-order valence-electron chi connectivity index (χ2n) is 10.8. The number of hydrogen-bond donors (Lipinski definition) is 3. The lowest BCUT2D eigenvalue weighted by Crippen LogP contribution is -2.47. The maximum Gasteiger partial charge on any atom is 0.183 e. The normalized spacial score (nSPS) is 17.3. The van der Waals surface area contributed by atoms with Crippen LogP contribution in [-0.4, -0.2) is 114 Å². The summed E-state index contributed by atoms with van der Waals surface area (Å²) in [7, 11) is 2.16. The van der Waals surface area contributed by atoms with Gasteiger partial charge in [0.1, 0.15) is 5.75 Å². The molecule has 0 amide bonds. The summed E-state index contributed by atoms with van der Waals surface area (Å²) in [6.07, 6.45) is 2.69. The molecule has 0 aliphatic carbocycles. The zero-order chi connectivity index (χ0) is 29.5. The van der Waals surface area contributed by atoms with Gasteiger partial charge >= 0.3 is 0 Å². The number of hydrogen-bond acceptors (Lipinski definition) is 10. The molecule has 3 aromatic rings. The summed E-state index contributed by atoms with van der Waals surface area (Å²) in [5.74, 6) is 0.0753. The van der Waals surface area contributed by atoms with Crippen molar-refractivity contribution in [2.45, 2.75) is 13.1 Å². The molecule has 224 valence electrons. The van der Waals surface area contributed by atoms with Gasteiger partial charge in [-0.15, -0.1) is 0 Å². The Morgan fingerprint density at radius 2 is 1.71 bits per heavy atom. The van der Waals surface area contributed by atoms with Crippen molar-refractivity contribution in [2.75, 3.05) is 82.8 Å². The number of nitrogens with zero attached hydrogens (tertiary/aromatic N) is 7. The number of β-amino-alcohol motifs (C(OH)–C–C–N with tert-alkyl or cyclic N) is 1. The summed E-state index contributed by atoms with van der Waals surface area (Å²) in [5, 5.41) is 23.2. The van der Waals surface area contributed by atoms with Crippen molar-refractivity contribution in [3.63, 3.8) is 0 Å².